The van der Waals surface area contributed by atoms with Crippen LogP contribution in [0.25, 0.3) is 0 Å². The van der Waals surface area contributed by atoms with Gasteiger partial charge in [0.15, 0.2) is 0 Å². The molecule has 2 N–H and O–H groups in total. The fraction of sp³-hybridized carbons (Fsp3) is 0.200. The van der Waals surface area contributed by atoms with Crippen molar-refractivity contribution in [1.82, 2.24) is 5.32 Å². The van der Waals surface area contributed by atoms with Gasteiger partial charge in [-0.05, 0) is 12.2 Å². The maximum absolute atomic E-state index is 8.73. The highest BCUT2D eigenvalue weighted by atomic mass is 35.5. The highest BCUT2D eigenvalue weighted by molar-refractivity contribution is 6.31. The number of allylic oxidation sites excluding steroid dienone is 2. The van der Waals surface area contributed by atoms with Crippen LogP contribution in [-0.2, 0) is 0 Å². The molecule has 0 aromatic rings. The van der Waals surface area contributed by atoms with Crippen LogP contribution >= 0.6 is 11.6 Å². The maximum Gasteiger partial charge on any atom is 0.143 e. The minimum absolute atomic E-state index is 0.572. The lowest BCUT2D eigenvalue weighted by atomic mass is 10.4. The van der Waals surface area contributed by atoms with Gasteiger partial charge >= 0.3 is 0 Å². The van der Waals surface area contributed by atoms with E-state index in [1.165, 1.54) is 0 Å². The zero-order chi connectivity index (χ0) is 5.98. The lowest BCUT2D eigenvalue weighted by Crippen LogP contribution is -2.22. The summed E-state index contributed by atoms with van der Waals surface area (Å²) >= 11 is 5.48. The molecular formula is C5H6ClNO. The standard InChI is InChI=1S/C5H6ClNO/c6-4-1-2-5(8)7-3-4/h1-3,5,7-8H. The second kappa shape index (κ2) is 2.20. The quantitative estimate of drug-likeness (QED) is 0.503. The number of halogens is 1. The van der Waals surface area contributed by atoms with Crippen LogP contribution in [0.5, 0.6) is 0 Å². The van der Waals surface area contributed by atoms with Crippen molar-refractivity contribution >= 4 is 11.6 Å². The van der Waals surface area contributed by atoms with Gasteiger partial charge in [0.1, 0.15) is 6.23 Å². The Hall–Kier alpha value is -0.470. The van der Waals surface area contributed by atoms with Crippen molar-refractivity contribution in [3.8, 4) is 0 Å². The molecule has 3 heteroatoms. The maximum atomic E-state index is 8.73. The normalized spacial score (nSPS) is 26.8. The van der Waals surface area contributed by atoms with Gasteiger partial charge in [-0.1, -0.05) is 11.6 Å². The minimum Gasteiger partial charge on any atom is -0.370 e. The summed E-state index contributed by atoms with van der Waals surface area (Å²) in [5.74, 6) is 0. The molecule has 0 radical (unpaired) electrons. The third-order valence-corrected chi connectivity index (χ3v) is 1.06. The van der Waals surface area contributed by atoms with E-state index >= 15 is 0 Å². The van der Waals surface area contributed by atoms with E-state index in [-0.39, 0.29) is 0 Å². The van der Waals surface area contributed by atoms with Crippen LogP contribution in [0.1, 0.15) is 0 Å². The summed E-state index contributed by atoms with van der Waals surface area (Å²) in [5, 5.41) is 11.9. The molecule has 0 bridgehead atoms. The van der Waals surface area contributed by atoms with Crippen molar-refractivity contribution in [3.63, 3.8) is 0 Å². The van der Waals surface area contributed by atoms with E-state index in [1.807, 2.05) is 0 Å². The van der Waals surface area contributed by atoms with Crippen LogP contribution in [0, 0.1) is 0 Å². The van der Waals surface area contributed by atoms with E-state index < -0.39 is 6.23 Å². The summed E-state index contributed by atoms with van der Waals surface area (Å²) in [6.07, 6.45) is 4.19. The summed E-state index contributed by atoms with van der Waals surface area (Å²) in [5.41, 5.74) is 0. The summed E-state index contributed by atoms with van der Waals surface area (Å²) in [4.78, 5) is 0. The van der Waals surface area contributed by atoms with Gasteiger partial charge in [0.05, 0.1) is 5.03 Å². The Bertz CT molecular complexity index is 141. The number of aliphatic hydroxyl groups is 1. The first kappa shape index (κ1) is 5.66. The number of hydrogen-bond donors (Lipinski definition) is 2. The molecule has 0 aromatic carbocycles. The minimum atomic E-state index is -0.572. The highest BCUT2D eigenvalue weighted by Gasteiger charge is 1.98. The molecule has 2 nitrogen and oxygen atoms in total. The van der Waals surface area contributed by atoms with Crippen molar-refractivity contribution in [3.05, 3.63) is 23.4 Å². The topological polar surface area (TPSA) is 32.3 Å². The van der Waals surface area contributed by atoms with Crippen molar-refractivity contribution < 1.29 is 5.11 Å². The van der Waals surface area contributed by atoms with Crippen LogP contribution in [-0.4, -0.2) is 11.3 Å². The second-order valence-corrected chi connectivity index (χ2v) is 1.94. The average molecular weight is 132 g/mol. The molecule has 8 heavy (non-hydrogen) atoms. The van der Waals surface area contributed by atoms with E-state index in [2.05, 4.69) is 5.32 Å². The van der Waals surface area contributed by atoms with Gasteiger partial charge in [0, 0.05) is 6.20 Å². The van der Waals surface area contributed by atoms with E-state index in [9.17, 15) is 0 Å². The number of rotatable bonds is 0. The lowest BCUT2D eigenvalue weighted by Gasteiger charge is -2.08. The summed E-state index contributed by atoms with van der Waals surface area (Å²) in [6.45, 7) is 0. The van der Waals surface area contributed by atoms with Crippen LogP contribution in [0.4, 0.5) is 0 Å². The molecule has 1 aliphatic heterocycles. The SMILES string of the molecule is OC1C=CC(Cl)=CN1. The highest BCUT2D eigenvalue weighted by Crippen LogP contribution is 2.05. The first-order valence-corrected chi connectivity index (χ1v) is 2.65. The van der Waals surface area contributed by atoms with Gasteiger partial charge < -0.3 is 10.4 Å². The van der Waals surface area contributed by atoms with Crippen molar-refractivity contribution in [2.75, 3.05) is 0 Å². The molecular weight excluding hydrogens is 126 g/mol. The van der Waals surface area contributed by atoms with Crippen molar-refractivity contribution in [2.45, 2.75) is 6.23 Å². The van der Waals surface area contributed by atoms with Crippen molar-refractivity contribution in [1.29, 1.82) is 0 Å². The van der Waals surface area contributed by atoms with Crippen LogP contribution in [0.15, 0.2) is 23.4 Å². The average Bonchev–Trinajstić information content (AvgIpc) is 1.77. The molecule has 44 valence electrons. The Labute approximate surface area is 52.5 Å². The van der Waals surface area contributed by atoms with Gasteiger partial charge in [-0.15, -0.1) is 0 Å². The molecule has 0 aromatic heterocycles. The Kier molecular flexibility index (Phi) is 1.56. The first-order chi connectivity index (χ1) is 3.79. The number of hydrogen-bond acceptors (Lipinski definition) is 2. The van der Waals surface area contributed by atoms with E-state index in [1.54, 1.807) is 18.4 Å². The first-order valence-electron chi connectivity index (χ1n) is 2.27. The third-order valence-electron chi connectivity index (χ3n) is 0.830. The molecule has 0 aliphatic carbocycles. The van der Waals surface area contributed by atoms with Gasteiger partial charge in [0.2, 0.25) is 0 Å². The molecule has 0 amide bonds. The van der Waals surface area contributed by atoms with Crippen LogP contribution < -0.4 is 5.32 Å². The Morgan fingerprint density at radius 2 is 2.50 bits per heavy atom. The number of nitrogens with one attached hydrogen (secondary N) is 1. The summed E-state index contributed by atoms with van der Waals surface area (Å²) < 4.78 is 0. The molecule has 0 saturated carbocycles. The fourth-order valence-electron chi connectivity index (χ4n) is 0.452. The summed E-state index contributed by atoms with van der Waals surface area (Å²) in [7, 11) is 0. The Balaban J connectivity index is 2.58. The molecule has 0 spiro atoms. The number of dihydropyridines is 1. The zero-order valence-electron chi connectivity index (χ0n) is 4.13. The zero-order valence-corrected chi connectivity index (χ0v) is 4.89. The molecule has 1 heterocycles. The predicted octanol–water partition coefficient (Wildman–Crippen LogP) is 0.544. The van der Waals surface area contributed by atoms with E-state index in [0.29, 0.717) is 5.03 Å². The molecule has 1 unspecified atom stereocenters. The fourth-order valence-corrected chi connectivity index (χ4v) is 0.587. The second-order valence-electron chi connectivity index (χ2n) is 1.50. The molecule has 0 fully saturated rings. The van der Waals surface area contributed by atoms with Gasteiger partial charge in [0.25, 0.3) is 0 Å². The third kappa shape index (κ3) is 1.25. The molecule has 0 saturated heterocycles. The molecule has 1 rings (SSSR count). The van der Waals surface area contributed by atoms with Crippen LogP contribution in [0.3, 0.4) is 0 Å². The lowest BCUT2D eigenvalue weighted by molar-refractivity contribution is 0.200. The smallest absolute Gasteiger partial charge is 0.143 e. The molecule has 1 atom stereocenters. The van der Waals surface area contributed by atoms with Crippen molar-refractivity contribution in [2.24, 2.45) is 0 Å². The van der Waals surface area contributed by atoms with E-state index in [0.717, 1.165) is 0 Å². The molecule has 1 aliphatic rings. The van der Waals surface area contributed by atoms with Crippen LogP contribution in [0.2, 0.25) is 0 Å². The van der Waals surface area contributed by atoms with Gasteiger partial charge in [-0.25, -0.2) is 0 Å². The number of aliphatic hydroxyl groups excluding tert-OH is 1. The Morgan fingerprint density at radius 1 is 1.75 bits per heavy atom. The van der Waals surface area contributed by atoms with Gasteiger partial charge in [-0.2, -0.15) is 0 Å². The summed E-state index contributed by atoms with van der Waals surface area (Å²) in [6, 6.07) is 0. The Morgan fingerprint density at radius 3 is 2.88 bits per heavy atom. The van der Waals surface area contributed by atoms with Gasteiger partial charge in [-0.3, -0.25) is 0 Å². The monoisotopic (exact) mass is 131 g/mol. The largest absolute Gasteiger partial charge is 0.370 e. The predicted molar refractivity (Wildman–Crippen MR) is 32.2 cm³/mol. The van der Waals surface area contributed by atoms with E-state index in [4.69, 9.17) is 16.7 Å².